The van der Waals surface area contributed by atoms with Crippen LogP contribution < -0.4 is 0 Å². The Morgan fingerprint density at radius 2 is 1.64 bits per heavy atom. The maximum absolute atomic E-state index is 12.4. The number of alkyl halides is 3. The average Bonchev–Trinajstić information content (AvgIpc) is 2.01. The summed E-state index contributed by atoms with van der Waals surface area (Å²) in [6.45, 7) is 5.45. The zero-order valence-corrected chi connectivity index (χ0v) is 8.44. The molecule has 78 valence electrons. The Bertz CT molecular complexity index is 324. The molecular weight excluding hydrogens is 189 g/mol. The van der Waals surface area contributed by atoms with E-state index in [1.807, 2.05) is 13.8 Å². The first-order valence-corrected chi connectivity index (χ1v) is 4.49. The van der Waals surface area contributed by atoms with Gasteiger partial charge in [0.05, 0.1) is 5.56 Å². The highest BCUT2D eigenvalue weighted by atomic mass is 19.4. The minimum Gasteiger partial charge on any atom is -0.166 e. The van der Waals surface area contributed by atoms with Gasteiger partial charge in [-0.3, -0.25) is 0 Å². The van der Waals surface area contributed by atoms with Gasteiger partial charge in [-0.1, -0.05) is 25.5 Å². The van der Waals surface area contributed by atoms with Gasteiger partial charge in [0.15, 0.2) is 0 Å². The zero-order valence-electron chi connectivity index (χ0n) is 8.44. The van der Waals surface area contributed by atoms with Crippen LogP contribution in [0.25, 0.3) is 0 Å². The highest BCUT2D eigenvalue weighted by Gasteiger charge is 2.30. The molecule has 14 heavy (non-hydrogen) atoms. The monoisotopic (exact) mass is 202 g/mol. The van der Waals surface area contributed by atoms with Crippen molar-refractivity contribution in [1.29, 1.82) is 0 Å². The summed E-state index contributed by atoms with van der Waals surface area (Å²) in [7, 11) is 0. The third kappa shape index (κ3) is 2.50. The Labute approximate surface area is 81.8 Å². The van der Waals surface area contributed by atoms with E-state index in [-0.39, 0.29) is 5.92 Å². The van der Waals surface area contributed by atoms with Crippen molar-refractivity contribution >= 4 is 0 Å². The van der Waals surface area contributed by atoms with E-state index >= 15 is 0 Å². The quantitative estimate of drug-likeness (QED) is 0.642. The maximum atomic E-state index is 12.4. The van der Waals surface area contributed by atoms with Crippen molar-refractivity contribution in [3.8, 4) is 0 Å². The predicted octanol–water partition coefficient (Wildman–Crippen LogP) is 4.14. The van der Waals surface area contributed by atoms with Crippen molar-refractivity contribution in [3.05, 3.63) is 34.9 Å². The van der Waals surface area contributed by atoms with Crippen molar-refractivity contribution < 1.29 is 13.2 Å². The fourth-order valence-corrected chi connectivity index (χ4v) is 1.31. The fourth-order valence-electron chi connectivity index (χ4n) is 1.31. The van der Waals surface area contributed by atoms with Gasteiger partial charge >= 0.3 is 6.18 Å². The molecule has 0 spiro atoms. The summed E-state index contributed by atoms with van der Waals surface area (Å²) in [6, 6.07) is 4.18. The predicted molar refractivity (Wildman–Crippen MR) is 50.3 cm³/mol. The van der Waals surface area contributed by atoms with Crippen molar-refractivity contribution in [2.45, 2.75) is 32.9 Å². The molecule has 3 heteroatoms. The molecule has 0 aliphatic carbocycles. The van der Waals surface area contributed by atoms with Crippen molar-refractivity contribution in [2.75, 3.05) is 0 Å². The summed E-state index contributed by atoms with van der Waals surface area (Å²) in [4.78, 5) is 0. The molecule has 0 bridgehead atoms. The fraction of sp³-hybridized carbons (Fsp3) is 0.455. The first kappa shape index (κ1) is 11.1. The molecule has 0 radical (unpaired) electrons. The Kier molecular flexibility index (Phi) is 2.88. The molecule has 0 atom stereocenters. The van der Waals surface area contributed by atoms with Gasteiger partial charge in [-0.05, 0) is 30.5 Å². The number of aryl methyl sites for hydroxylation is 1. The van der Waals surface area contributed by atoms with Gasteiger partial charge in [-0.15, -0.1) is 0 Å². The molecule has 0 aliphatic heterocycles. The Morgan fingerprint density at radius 3 is 2.07 bits per heavy atom. The molecule has 0 unspecified atom stereocenters. The smallest absolute Gasteiger partial charge is 0.166 e. The lowest BCUT2D eigenvalue weighted by Gasteiger charge is -2.12. The normalized spacial score (nSPS) is 12.2. The largest absolute Gasteiger partial charge is 0.416 e. The molecule has 0 aliphatic rings. The molecule has 1 aromatic carbocycles. The van der Waals surface area contributed by atoms with E-state index < -0.39 is 11.7 Å². The lowest BCUT2D eigenvalue weighted by atomic mass is 9.98. The number of hydrogen-bond donors (Lipinski definition) is 0. The molecule has 0 nitrogen and oxygen atoms in total. The maximum Gasteiger partial charge on any atom is 0.416 e. The van der Waals surface area contributed by atoms with Gasteiger partial charge in [0.25, 0.3) is 0 Å². The molecule has 0 aromatic heterocycles. The van der Waals surface area contributed by atoms with E-state index in [9.17, 15) is 13.2 Å². The number of halogens is 3. The van der Waals surface area contributed by atoms with Crippen LogP contribution in [0.3, 0.4) is 0 Å². The molecule has 0 N–H and O–H groups in total. The third-order valence-electron chi connectivity index (χ3n) is 2.09. The minimum absolute atomic E-state index is 0.121. The lowest BCUT2D eigenvalue weighted by molar-refractivity contribution is -0.137. The summed E-state index contributed by atoms with van der Waals surface area (Å²) < 4.78 is 37.2. The topological polar surface area (TPSA) is 0 Å². The second-order valence-electron chi connectivity index (χ2n) is 3.78. The average molecular weight is 202 g/mol. The van der Waals surface area contributed by atoms with E-state index in [0.717, 1.165) is 5.56 Å². The minimum atomic E-state index is -4.24. The van der Waals surface area contributed by atoms with Gasteiger partial charge in [-0.25, -0.2) is 0 Å². The Morgan fingerprint density at radius 1 is 1.07 bits per heavy atom. The van der Waals surface area contributed by atoms with Crippen molar-refractivity contribution in [3.63, 3.8) is 0 Å². The van der Waals surface area contributed by atoms with Crippen LogP contribution in [0.5, 0.6) is 0 Å². The molecule has 0 fully saturated rings. The van der Waals surface area contributed by atoms with Crippen LogP contribution in [0, 0.1) is 6.92 Å². The van der Waals surface area contributed by atoms with Gasteiger partial charge in [0.1, 0.15) is 0 Å². The Balaban J connectivity index is 3.21. The molecule has 0 amide bonds. The summed E-state index contributed by atoms with van der Waals surface area (Å²) in [5.74, 6) is 0.121. The van der Waals surface area contributed by atoms with Gasteiger partial charge in [-0.2, -0.15) is 13.2 Å². The zero-order chi connectivity index (χ0) is 10.9. The lowest BCUT2D eigenvalue weighted by Crippen LogP contribution is -2.06. The van der Waals surface area contributed by atoms with Gasteiger partial charge in [0.2, 0.25) is 0 Å². The van der Waals surface area contributed by atoms with Crippen molar-refractivity contribution in [2.24, 2.45) is 0 Å². The molecule has 1 aromatic rings. The van der Waals surface area contributed by atoms with E-state index in [1.165, 1.54) is 12.1 Å². The van der Waals surface area contributed by atoms with Crippen LogP contribution in [0.4, 0.5) is 13.2 Å². The van der Waals surface area contributed by atoms with E-state index in [4.69, 9.17) is 0 Å². The summed E-state index contributed by atoms with van der Waals surface area (Å²) in [6.07, 6.45) is -4.24. The van der Waals surface area contributed by atoms with Crippen LogP contribution in [0.1, 0.15) is 36.5 Å². The number of hydrogen-bond acceptors (Lipinski definition) is 0. The van der Waals surface area contributed by atoms with Crippen LogP contribution in [0.2, 0.25) is 0 Å². The first-order chi connectivity index (χ1) is 6.30. The summed E-state index contributed by atoms with van der Waals surface area (Å²) >= 11 is 0. The molecule has 0 saturated heterocycles. The second kappa shape index (κ2) is 3.64. The second-order valence-corrected chi connectivity index (χ2v) is 3.78. The standard InChI is InChI=1S/C11H13F3/c1-7(2)9-4-8(3)5-10(6-9)11(12,13)14/h4-7H,1-3H3. The van der Waals surface area contributed by atoms with Crippen LogP contribution in [0.15, 0.2) is 18.2 Å². The van der Waals surface area contributed by atoms with E-state index in [1.54, 1.807) is 13.0 Å². The molecule has 0 saturated carbocycles. The molecular formula is C11H13F3. The Hall–Kier alpha value is -0.990. The third-order valence-corrected chi connectivity index (χ3v) is 2.09. The van der Waals surface area contributed by atoms with Crippen LogP contribution >= 0.6 is 0 Å². The highest BCUT2D eigenvalue weighted by molar-refractivity contribution is 5.32. The summed E-state index contributed by atoms with van der Waals surface area (Å²) in [5.41, 5.74) is 0.835. The summed E-state index contributed by atoms with van der Waals surface area (Å²) in [5, 5.41) is 0. The van der Waals surface area contributed by atoms with E-state index in [2.05, 4.69) is 0 Å². The number of benzene rings is 1. The van der Waals surface area contributed by atoms with Crippen LogP contribution in [-0.2, 0) is 6.18 Å². The first-order valence-electron chi connectivity index (χ1n) is 4.49. The number of rotatable bonds is 1. The highest BCUT2D eigenvalue weighted by Crippen LogP contribution is 2.32. The van der Waals surface area contributed by atoms with Gasteiger partial charge in [0, 0.05) is 0 Å². The molecule has 1 rings (SSSR count). The van der Waals surface area contributed by atoms with Crippen molar-refractivity contribution in [1.82, 2.24) is 0 Å². The van der Waals surface area contributed by atoms with Gasteiger partial charge < -0.3 is 0 Å². The van der Waals surface area contributed by atoms with E-state index in [0.29, 0.717) is 5.56 Å². The van der Waals surface area contributed by atoms with Crippen LogP contribution in [-0.4, -0.2) is 0 Å². The molecule has 0 heterocycles. The SMILES string of the molecule is Cc1cc(C(C)C)cc(C(F)(F)F)c1.